The van der Waals surface area contributed by atoms with Crippen LogP contribution in [0.4, 0.5) is 13.2 Å². The molecule has 0 saturated heterocycles. The molecule has 6 heteroatoms. The lowest BCUT2D eigenvalue weighted by molar-refractivity contribution is 0.102. The first kappa shape index (κ1) is 15.4. The zero-order valence-electron chi connectivity index (χ0n) is 11.0. The molecule has 0 amide bonds. The molecule has 0 heterocycles. The molecule has 0 bridgehead atoms. The van der Waals surface area contributed by atoms with Gasteiger partial charge in [-0.05, 0) is 30.3 Å². The van der Waals surface area contributed by atoms with E-state index in [1.807, 2.05) is 0 Å². The van der Waals surface area contributed by atoms with Gasteiger partial charge in [0.1, 0.15) is 11.6 Å². The van der Waals surface area contributed by atoms with E-state index < -0.39 is 17.5 Å². The Labute approximate surface area is 123 Å². The molecule has 21 heavy (non-hydrogen) atoms. The Morgan fingerprint density at radius 2 is 1.86 bits per heavy atom. The third kappa shape index (κ3) is 3.78. The second kappa shape index (κ2) is 6.67. The lowest BCUT2D eigenvalue weighted by atomic mass is 10.1. The number of ketones is 1. The van der Waals surface area contributed by atoms with Crippen LogP contribution in [0.15, 0.2) is 41.3 Å². The standard InChI is InChI=1S/C15H11F3O2S/c1-20-14-4-2-9(6-11(14)17)13(19)8-21-15-5-3-10(16)7-12(15)18/h2-7H,8H2,1H3. The number of hydrogen-bond acceptors (Lipinski definition) is 3. The average Bonchev–Trinajstić information content (AvgIpc) is 2.46. The van der Waals surface area contributed by atoms with Crippen LogP contribution in [0.1, 0.15) is 10.4 Å². The molecule has 0 aliphatic heterocycles. The molecule has 2 nitrogen and oxygen atoms in total. The molecule has 2 aromatic rings. The molecule has 110 valence electrons. The first-order valence-corrected chi connectivity index (χ1v) is 6.94. The molecule has 0 aliphatic carbocycles. The van der Waals surface area contributed by atoms with Gasteiger partial charge in [0, 0.05) is 16.5 Å². The molecule has 2 aromatic carbocycles. The van der Waals surface area contributed by atoms with Crippen molar-refractivity contribution in [2.75, 3.05) is 12.9 Å². The number of rotatable bonds is 5. The molecule has 0 aliphatic rings. The molecule has 0 radical (unpaired) electrons. The van der Waals surface area contributed by atoms with E-state index in [4.69, 9.17) is 4.74 Å². The number of halogens is 3. The number of carbonyl (C=O) groups excluding carboxylic acids is 1. The van der Waals surface area contributed by atoms with Crippen LogP contribution in [-0.2, 0) is 0 Å². The third-order valence-corrected chi connectivity index (χ3v) is 3.78. The van der Waals surface area contributed by atoms with Gasteiger partial charge in [0.15, 0.2) is 17.3 Å². The first-order chi connectivity index (χ1) is 10.0. The maximum atomic E-state index is 13.5. The number of benzene rings is 2. The molecule has 0 saturated carbocycles. The molecular formula is C15H11F3O2S. The smallest absolute Gasteiger partial charge is 0.173 e. The minimum Gasteiger partial charge on any atom is -0.494 e. The summed E-state index contributed by atoms with van der Waals surface area (Å²) >= 11 is 0.930. The first-order valence-electron chi connectivity index (χ1n) is 5.96. The molecule has 0 unspecified atom stereocenters. The van der Waals surface area contributed by atoms with Gasteiger partial charge in [-0.25, -0.2) is 13.2 Å². The van der Waals surface area contributed by atoms with Gasteiger partial charge in [0.05, 0.1) is 12.9 Å². The molecular weight excluding hydrogens is 301 g/mol. The van der Waals surface area contributed by atoms with Gasteiger partial charge in [-0.2, -0.15) is 0 Å². The Morgan fingerprint density at radius 1 is 1.10 bits per heavy atom. The van der Waals surface area contributed by atoms with Crippen molar-refractivity contribution in [1.82, 2.24) is 0 Å². The Balaban J connectivity index is 2.06. The monoisotopic (exact) mass is 312 g/mol. The van der Waals surface area contributed by atoms with Gasteiger partial charge in [-0.15, -0.1) is 11.8 Å². The Morgan fingerprint density at radius 3 is 2.48 bits per heavy atom. The summed E-state index contributed by atoms with van der Waals surface area (Å²) in [7, 11) is 1.33. The summed E-state index contributed by atoms with van der Waals surface area (Å²) in [6, 6.07) is 6.99. The van der Waals surface area contributed by atoms with E-state index in [0.717, 1.165) is 30.0 Å². The van der Waals surface area contributed by atoms with E-state index in [1.165, 1.54) is 25.3 Å². The highest BCUT2D eigenvalue weighted by molar-refractivity contribution is 8.00. The average molecular weight is 312 g/mol. The van der Waals surface area contributed by atoms with Gasteiger partial charge in [0.2, 0.25) is 0 Å². The van der Waals surface area contributed by atoms with Crippen molar-refractivity contribution >= 4 is 17.5 Å². The van der Waals surface area contributed by atoms with Gasteiger partial charge >= 0.3 is 0 Å². The highest BCUT2D eigenvalue weighted by Crippen LogP contribution is 2.24. The lowest BCUT2D eigenvalue weighted by Gasteiger charge is -2.05. The molecule has 0 spiro atoms. The number of ether oxygens (including phenoxy) is 1. The van der Waals surface area contributed by atoms with Crippen molar-refractivity contribution in [2.24, 2.45) is 0 Å². The molecule has 0 fully saturated rings. The predicted octanol–water partition coefficient (Wildman–Crippen LogP) is 4.09. The van der Waals surface area contributed by atoms with Gasteiger partial charge in [0.25, 0.3) is 0 Å². The largest absolute Gasteiger partial charge is 0.494 e. The maximum Gasteiger partial charge on any atom is 0.173 e. The summed E-state index contributed by atoms with van der Waals surface area (Å²) in [5.41, 5.74) is 0.170. The summed E-state index contributed by atoms with van der Waals surface area (Å²) < 4.78 is 44.4. The van der Waals surface area contributed by atoms with Crippen molar-refractivity contribution in [3.63, 3.8) is 0 Å². The summed E-state index contributed by atoms with van der Waals surface area (Å²) in [6.45, 7) is 0. The van der Waals surface area contributed by atoms with Gasteiger partial charge in [-0.3, -0.25) is 4.79 Å². The summed E-state index contributed by atoms with van der Waals surface area (Å²) in [5, 5.41) is 0. The van der Waals surface area contributed by atoms with E-state index in [0.29, 0.717) is 0 Å². The quantitative estimate of drug-likeness (QED) is 0.614. The van der Waals surface area contributed by atoms with Gasteiger partial charge < -0.3 is 4.74 Å². The number of Topliss-reactive ketones (excluding diaryl/α,β-unsaturated/α-hetero) is 1. The Bertz CT molecular complexity index is 674. The topological polar surface area (TPSA) is 26.3 Å². The van der Waals surface area contributed by atoms with Crippen LogP contribution in [-0.4, -0.2) is 18.6 Å². The fourth-order valence-corrected chi connectivity index (χ4v) is 2.47. The Hall–Kier alpha value is -1.95. The number of hydrogen-bond donors (Lipinski definition) is 0. The fraction of sp³-hybridized carbons (Fsp3) is 0.133. The van der Waals surface area contributed by atoms with Crippen molar-refractivity contribution in [2.45, 2.75) is 4.90 Å². The predicted molar refractivity (Wildman–Crippen MR) is 74.4 cm³/mol. The second-order valence-electron chi connectivity index (χ2n) is 4.14. The van der Waals surface area contributed by atoms with Crippen LogP contribution in [0.2, 0.25) is 0 Å². The number of methoxy groups -OCH3 is 1. The Kier molecular flexibility index (Phi) is 4.90. The molecule has 2 rings (SSSR count). The zero-order valence-corrected chi connectivity index (χ0v) is 11.8. The summed E-state index contributed by atoms with van der Waals surface area (Å²) in [5.74, 6) is -2.43. The van der Waals surface area contributed by atoms with Crippen molar-refractivity contribution in [3.8, 4) is 5.75 Å². The zero-order chi connectivity index (χ0) is 15.4. The minimum atomic E-state index is -0.728. The molecule has 0 atom stereocenters. The third-order valence-electron chi connectivity index (χ3n) is 2.73. The van der Waals surface area contributed by atoms with E-state index in [1.54, 1.807) is 0 Å². The van der Waals surface area contributed by atoms with E-state index in [9.17, 15) is 18.0 Å². The highest BCUT2D eigenvalue weighted by atomic mass is 32.2. The number of carbonyl (C=O) groups is 1. The minimum absolute atomic E-state index is 0.0452. The second-order valence-corrected chi connectivity index (χ2v) is 5.15. The maximum absolute atomic E-state index is 13.5. The van der Waals surface area contributed by atoms with Crippen molar-refractivity contribution < 1.29 is 22.7 Å². The highest BCUT2D eigenvalue weighted by Gasteiger charge is 2.12. The van der Waals surface area contributed by atoms with Crippen LogP contribution in [0.3, 0.4) is 0 Å². The van der Waals surface area contributed by atoms with Crippen LogP contribution in [0, 0.1) is 17.5 Å². The normalized spacial score (nSPS) is 10.5. The fourth-order valence-electron chi connectivity index (χ4n) is 1.66. The van der Waals surface area contributed by atoms with Crippen LogP contribution < -0.4 is 4.74 Å². The SMILES string of the molecule is COc1ccc(C(=O)CSc2ccc(F)cc2F)cc1F. The van der Waals surface area contributed by atoms with Crippen LogP contribution in [0.5, 0.6) is 5.75 Å². The summed E-state index contributed by atoms with van der Waals surface area (Å²) in [4.78, 5) is 12.1. The van der Waals surface area contributed by atoms with Gasteiger partial charge in [-0.1, -0.05) is 0 Å². The van der Waals surface area contributed by atoms with Crippen molar-refractivity contribution in [1.29, 1.82) is 0 Å². The molecule has 0 aromatic heterocycles. The molecule has 0 N–H and O–H groups in total. The van der Waals surface area contributed by atoms with Crippen LogP contribution >= 0.6 is 11.8 Å². The van der Waals surface area contributed by atoms with E-state index >= 15 is 0 Å². The van der Waals surface area contributed by atoms with Crippen molar-refractivity contribution in [3.05, 3.63) is 59.4 Å². The van der Waals surface area contributed by atoms with Crippen LogP contribution in [0.25, 0.3) is 0 Å². The van der Waals surface area contributed by atoms with E-state index in [-0.39, 0.29) is 27.7 Å². The summed E-state index contributed by atoms with van der Waals surface area (Å²) in [6.07, 6.45) is 0. The van der Waals surface area contributed by atoms with E-state index in [2.05, 4.69) is 0 Å². The lowest BCUT2D eigenvalue weighted by Crippen LogP contribution is -2.04. The number of thioether (sulfide) groups is 1.